The number of para-hydroxylation sites is 1. The van der Waals surface area contributed by atoms with Crippen molar-refractivity contribution in [2.75, 3.05) is 18.5 Å². The Morgan fingerprint density at radius 3 is 2.96 bits per heavy atom. The zero-order valence-corrected chi connectivity index (χ0v) is 14.9. The van der Waals surface area contributed by atoms with Gasteiger partial charge in [0.15, 0.2) is 0 Å². The number of aromatic nitrogens is 1. The van der Waals surface area contributed by atoms with Crippen molar-refractivity contribution in [3.05, 3.63) is 46.4 Å². The van der Waals surface area contributed by atoms with E-state index in [1.807, 2.05) is 30.3 Å². The maximum atomic E-state index is 12.1. The molecule has 0 bridgehead atoms. The normalized spacial score (nSPS) is 21.6. The van der Waals surface area contributed by atoms with E-state index in [1.165, 1.54) is 0 Å². The predicted octanol–water partition coefficient (Wildman–Crippen LogP) is 2.93. The first kappa shape index (κ1) is 17.1. The first-order chi connectivity index (χ1) is 11.6. The monoisotopic (exact) mass is 345 g/mol. The van der Waals surface area contributed by atoms with Crippen LogP contribution in [0.25, 0.3) is 0 Å². The van der Waals surface area contributed by atoms with Crippen molar-refractivity contribution in [1.82, 2.24) is 9.88 Å². The van der Waals surface area contributed by atoms with Crippen LogP contribution in [0.15, 0.2) is 35.7 Å². The Labute approximate surface area is 146 Å². The number of benzene rings is 1. The summed E-state index contributed by atoms with van der Waals surface area (Å²) in [4.78, 5) is 19.1. The lowest BCUT2D eigenvalue weighted by Crippen LogP contribution is -2.46. The highest BCUT2D eigenvalue weighted by molar-refractivity contribution is 7.09. The van der Waals surface area contributed by atoms with Crippen molar-refractivity contribution < 1.29 is 9.53 Å². The molecule has 3 rings (SSSR count). The molecule has 6 heteroatoms. The molecular weight excluding hydrogens is 322 g/mol. The zero-order chi connectivity index (χ0) is 16.9. The second-order valence-electron chi connectivity index (χ2n) is 6.25. The summed E-state index contributed by atoms with van der Waals surface area (Å²) < 4.78 is 5.66. The maximum Gasteiger partial charge on any atom is 0.231 e. The fourth-order valence-corrected chi connectivity index (χ4v) is 3.55. The molecule has 1 N–H and O–H groups in total. The number of ether oxygens (including phenoxy) is 1. The number of amides is 1. The molecule has 0 radical (unpaired) electrons. The minimum Gasteiger partial charge on any atom is -0.376 e. The molecule has 1 fully saturated rings. The van der Waals surface area contributed by atoms with Crippen molar-refractivity contribution in [3.63, 3.8) is 0 Å². The summed E-state index contributed by atoms with van der Waals surface area (Å²) >= 11 is 1.55. The number of anilines is 1. The molecule has 24 heavy (non-hydrogen) atoms. The zero-order valence-electron chi connectivity index (χ0n) is 14.1. The van der Waals surface area contributed by atoms with E-state index in [9.17, 15) is 4.79 Å². The predicted molar refractivity (Wildman–Crippen MR) is 96.2 cm³/mol. The van der Waals surface area contributed by atoms with Gasteiger partial charge in [-0.1, -0.05) is 18.2 Å². The van der Waals surface area contributed by atoms with Gasteiger partial charge in [-0.25, -0.2) is 4.98 Å². The number of carbonyl (C=O) groups excluding carboxylic acids is 1. The first-order valence-electron chi connectivity index (χ1n) is 8.24. The van der Waals surface area contributed by atoms with Crippen LogP contribution < -0.4 is 5.32 Å². The van der Waals surface area contributed by atoms with E-state index in [2.05, 4.69) is 34.4 Å². The molecule has 1 aromatic carbocycles. The van der Waals surface area contributed by atoms with Crippen LogP contribution >= 0.6 is 11.3 Å². The Balaban J connectivity index is 1.54. The highest BCUT2D eigenvalue weighted by atomic mass is 32.1. The van der Waals surface area contributed by atoms with Crippen LogP contribution in [0.1, 0.15) is 24.5 Å². The Morgan fingerprint density at radius 2 is 2.17 bits per heavy atom. The average Bonchev–Trinajstić information content (AvgIpc) is 2.99. The van der Waals surface area contributed by atoms with Gasteiger partial charge in [0.05, 0.1) is 24.8 Å². The molecule has 1 saturated heterocycles. The van der Waals surface area contributed by atoms with Gasteiger partial charge in [-0.2, -0.15) is 0 Å². The molecule has 2 heterocycles. The van der Waals surface area contributed by atoms with Gasteiger partial charge < -0.3 is 10.1 Å². The minimum absolute atomic E-state index is 0.0320. The van der Waals surface area contributed by atoms with Crippen LogP contribution in [0.5, 0.6) is 0 Å². The topological polar surface area (TPSA) is 54.5 Å². The number of nitrogens with zero attached hydrogens (tertiary/aromatic N) is 2. The quantitative estimate of drug-likeness (QED) is 0.905. The fraction of sp³-hybridized carbons (Fsp3) is 0.444. The Morgan fingerprint density at radius 1 is 1.38 bits per heavy atom. The lowest BCUT2D eigenvalue weighted by molar-refractivity contribution is -0.115. The van der Waals surface area contributed by atoms with Crippen molar-refractivity contribution in [1.29, 1.82) is 0 Å². The summed E-state index contributed by atoms with van der Waals surface area (Å²) in [6.07, 6.45) is 0.574. The van der Waals surface area contributed by atoms with Gasteiger partial charge in [-0.15, -0.1) is 11.3 Å². The number of nitrogens with one attached hydrogen (secondary N) is 1. The van der Waals surface area contributed by atoms with Crippen LogP contribution in [0.4, 0.5) is 5.69 Å². The van der Waals surface area contributed by atoms with E-state index < -0.39 is 0 Å². The second-order valence-corrected chi connectivity index (χ2v) is 7.19. The third kappa shape index (κ3) is 4.63. The molecule has 2 aromatic rings. The van der Waals surface area contributed by atoms with Crippen molar-refractivity contribution in [3.8, 4) is 0 Å². The number of hydrogen-bond acceptors (Lipinski definition) is 5. The molecule has 0 unspecified atom stereocenters. The highest BCUT2D eigenvalue weighted by Crippen LogP contribution is 2.18. The Kier molecular flexibility index (Phi) is 5.60. The minimum atomic E-state index is -0.0320. The number of thiazole rings is 1. The number of morpholine rings is 1. The van der Waals surface area contributed by atoms with Gasteiger partial charge in [0.1, 0.15) is 5.01 Å². The first-order valence-corrected chi connectivity index (χ1v) is 9.12. The smallest absolute Gasteiger partial charge is 0.231 e. The van der Waals surface area contributed by atoms with E-state index in [0.717, 1.165) is 36.1 Å². The molecular formula is C18H23N3O2S. The fourth-order valence-electron chi connectivity index (χ4n) is 2.77. The van der Waals surface area contributed by atoms with E-state index in [-0.39, 0.29) is 12.0 Å². The van der Waals surface area contributed by atoms with Crippen LogP contribution in [0.2, 0.25) is 0 Å². The summed E-state index contributed by atoms with van der Waals surface area (Å²) in [6.45, 7) is 6.76. The lowest BCUT2D eigenvalue weighted by Gasteiger charge is -2.36. The van der Waals surface area contributed by atoms with Gasteiger partial charge in [-0.05, 0) is 26.0 Å². The summed E-state index contributed by atoms with van der Waals surface area (Å²) in [6, 6.07) is 9.89. The molecule has 128 valence electrons. The SMILES string of the molecule is C[C@@H]1CO[C@@H](C)CN1Cc1csc(CC(=O)Nc2ccccc2)n1. The van der Waals surface area contributed by atoms with Crippen molar-refractivity contribution in [2.45, 2.75) is 39.0 Å². The summed E-state index contributed by atoms with van der Waals surface area (Å²) in [5, 5.41) is 5.80. The van der Waals surface area contributed by atoms with E-state index in [4.69, 9.17) is 4.74 Å². The van der Waals surface area contributed by atoms with Crippen LogP contribution in [0.3, 0.4) is 0 Å². The van der Waals surface area contributed by atoms with E-state index in [0.29, 0.717) is 12.5 Å². The van der Waals surface area contributed by atoms with E-state index in [1.54, 1.807) is 11.3 Å². The van der Waals surface area contributed by atoms with Crippen molar-refractivity contribution >= 4 is 22.9 Å². The molecule has 2 atom stereocenters. The maximum absolute atomic E-state index is 12.1. The van der Waals surface area contributed by atoms with Crippen LogP contribution in [-0.2, 0) is 22.5 Å². The number of hydrogen-bond donors (Lipinski definition) is 1. The van der Waals surface area contributed by atoms with Gasteiger partial charge >= 0.3 is 0 Å². The Hall–Kier alpha value is -1.76. The summed E-state index contributed by atoms with van der Waals surface area (Å²) in [5.41, 5.74) is 1.85. The number of carbonyl (C=O) groups is 1. The average molecular weight is 345 g/mol. The molecule has 1 aliphatic heterocycles. The molecule has 1 aromatic heterocycles. The molecule has 1 aliphatic rings. The summed E-state index contributed by atoms with van der Waals surface area (Å²) in [5.74, 6) is -0.0320. The third-order valence-corrected chi connectivity index (χ3v) is 4.97. The highest BCUT2D eigenvalue weighted by Gasteiger charge is 2.24. The third-order valence-electron chi connectivity index (χ3n) is 4.07. The van der Waals surface area contributed by atoms with E-state index >= 15 is 0 Å². The summed E-state index contributed by atoms with van der Waals surface area (Å²) in [7, 11) is 0. The van der Waals surface area contributed by atoms with Crippen molar-refractivity contribution in [2.24, 2.45) is 0 Å². The van der Waals surface area contributed by atoms with Gasteiger partial charge in [-0.3, -0.25) is 9.69 Å². The Bertz CT molecular complexity index is 674. The lowest BCUT2D eigenvalue weighted by atomic mass is 10.2. The molecule has 0 aliphatic carbocycles. The molecule has 0 spiro atoms. The van der Waals surface area contributed by atoms with Crippen LogP contribution in [-0.4, -0.2) is 41.1 Å². The second kappa shape index (κ2) is 7.88. The number of rotatable bonds is 5. The standard InChI is InChI=1S/C18H23N3O2S/c1-13-11-23-14(2)9-21(13)10-16-12-24-18(20-16)8-17(22)19-15-6-4-3-5-7-15/h3-7,12-14H,8-11H2,1-2H3,(H,19,22)/t13-,14+/m1/s1. The molecule has 1 amide bonds. The molecule has 0 saturated carbocycles. The van der Waals surface area contributed by atoms with Gasteiger partial charge in [0.25, 0.3) is 0 Å². The van der Waals surface area contributed by atoms with Crippen LogP contribution in [0, 0.1) is 0 Å². The van der Waals surface area contributed by atoms with Gasteiger partial charge in [0, 0.05) is 30.2 Å². The molecule has 5 nitrogen and oxygen atoms in total. The largest absolute Gasteiger partial charge is 0.376 e. The van der Waals surface area contributed by atoms with Gasteiger partial charge in [0.2, 0.25) is 5.91 Å².